The highest BCUT2D eigenvalue weighted by Gasteiger charge is 2.26. The molecule has 0 radical (unpaired) electrons. The van der Waals surface area contributed by atoms with E-state index >= 15 is 0 Å². The van der Waals surface area contributed by atoms with Crippen LogP contribution in [0.25, 0.3) is 0 Å². The first-order valence-electron chi connectivity index (χ1n) is 6.63. The average Bonchev–Trinajstić information content (AvgIpc) is 2.43. The van der Waals surface area contributed by atoms with Crippen molar-refractivity contribution in [2.45, 2.75) is 26.4 Å². The number of esters is 1. The highest BCUT2D eigenvalue weighted by molar-refractivity contribution is 6.33. The molecule has 126 valence electrons. The topological polar surface area (TPSA) is 118 Å². The molecule has 0 bridgehead atoms. The third-order valence-electron chi connectivity index (χ3n) is 2.47. The lowest BCUT2D eigenvalue weighted by atomic mass is 10.2. The maximum atomic E-state index is 12.1. The van der Waals surface area contributed by atoms with Gasteiger partial charge in [-0.05, 0) is 26.8 Å². The number of hydrogen-bond acceptors (Lipinski definition) is 8. The Bertz CT molecular complexity index is 586. The summed E-state index contributed by atoms with van der Waals surface area (Å²) in [6.45, 7) is 5.10. The number of aromatic nitrogens is 1. The lowest BCUT2D eigenvalue weighted by Gasteiger charge is -2.25. The van der Waals surface area contributed by atoms with Crippen molar-refractivity contribution in [2.75, 3.05) is 19.1 Å². The summed E-state index contributed by atoms with van der Waals surface area (Å²) in [7, 11) is 0.467. The summed E-state index contributed by atoms with van der Waals surface area (Å²) in [5.41, 5.74) is -0.820. The summed E-state index contributed by atoms with van der Waals surface area (Å²) in [5, 5.41) is 17.6. The summed E-state index contributed by atoms with van der Waals surface area (Å²) >= 11 is 0. The Hall–Kier alpha value is -2.33. The van der Waals surface area contributed by atoms with Gasteiger partial charge in [0.2, 0.25) is 0 Å². The molecule has 0 fully saturated rings. The Morgan fingerprint density at radius 2 is 1.91 bits per heavy atom. The molecular formula is C13H19BN2O7. The van der Waals surface area contributed by atoms with E-state index in [4.69, 9.17) is 14.8 Å². The summed E-state index contributed by atoms with van der Waals surface area (Å²) in [4.78, 5) is 28.9. The summed E-state index contributed by atoms with van der Waals surface area (Å²) in [6.07, 6.45) is 0.410. The van der Waals surface area contributed by atoms with E-state index in [1.54, 1.807) is 20.8 Å². The summed E-state index contributed by atoms with van der Waals surface area (Å²) in [5.74, 6) is -0.881. The molecule has 1 amide bonds. The molecule has 1 rings (SSSR count). The highest BCUT2D eigenvalue weighted by atomic mass is 16.6. The molecule has 0 aliphatic heterocycles. The van der Waals surface area contributed by atoms with Crippen molar-refractivity contribution >= 4 is 25.2 Å². The van der Waals surface area contributed by atoms with E-state index in [1.165, 1.54) is 13.1 Å². The van der Waals surface area contributed by atoms with Gasteiger partial charge in [0.25, 0.3) is 0 Å². The SMILES string of the molecule is COC(=O)c1cc(OB(O)O)cnc1N(C)C(=O)OC(C)(C)C. The van der Waals surface area contributed by atoms with Crippen molar-refractivity contribution in [1.82, 2.24) is 4.98 Å². The van der Waals surface area contributed by atoms with Gasteiger partial charge in [-0.3, -0.25) is 4.90 Å². The standard InChI is InChI=1S/C13H19BN2O7/c1-13(2,3)22-12(18)16(4)10-9(11(17)21-5)6-8(7-15-10)23-14(19)20/h6-7,19-20H,1-5H3. The number of rotatable bonds is 4. The van der Waals surface area contributed by atoms with Crippen molar-refractivity contribution in [3.8, 4) is 5.75 Å². The lowest BCUT2D eigenvalue weighted by molar-refractivity contribution is 0.0585. The zero-order valence-corrected chi connectivity index (χ0v) is 13.6. The Kier molecular flexibility index (Phi) is 5.94. The van der Waals surface area contributed by atoms with Crippen LogP contribution in [0.3, 0.4) is 0 Å². The Balaban J connectivity index is 3.18. The van der Waals surface area contributed by atoms with Gasteiger partial charge in [-0.2, -0.15) is 0 Å². The minimum absolute atomic E-state index is 0.0223. The smallest absolute Gasteiger partial charge is 0.511 e. The molecule has 0 saturated carbocycles. The number of carbonyl (C=O) groups excluding carboxylic acids is 2. The molecule has 23 heavy (non-hydrogen) atoms. The predicted octanol–water partition coefficient (Wildman–Crippen LogP) is 0.588. The zero-order chi connectivity index (χ0) is 17.8. The monoisotopic (exact) mass is 326 g/mol. The molecule has 1 aromatic rings. The first-order chi connectivity index (χ1) is 10.5. The molecule has 0 unspecified atom stereocenters. The normalized spacial score (nSPS) is 10.7. The first-order valence-corrected chi connectivity index (χ1v) is 6.63. The molecule has 0 aliphatic carbocycles. The third-order valence-corrected chi connectivity index (χ3v) is 2.47. The quantitative estimate of drug-likeness (QED) is 0.609. The number of carbonyl (C=O) groups is 2. The van der Waals surface area contributed by atoms with Crippen LogP contribution in [0.1, 0.15) is 31.1 Å². The van der Waals surface area contributed by atoms with Crippen LogP contribution < -0.4 is 9.55 Å². The molecule has 10 heteroatoms. The van der Waals surface area contributed by atoms with E-state index in [9.17, 15) is 9.59 Å². The molecular weight excluding hydrogens is 307 g/mol. The second kappa shape index (κ2) is 7.29. The third kappa shape index (κ3) is 5.42. The summed E-state index contributed by atoms with van der Waals surface area (Å²) < 4.78 is 14.5. The minimum Gasteiger partial charge on any atom is -0.511 e. The van der Waals surface area contributed by atoms with Crippen LogP contribution in [0, 0.1) is 0 Å². The molecule has 9 nitrogen and oxygen atoms in total. The second-order valence-corrected chi connectivity index (χ2v) is 5.52. The van der Waals surface area contributed by atoms with E-state index in [-0.39, 0.29) is 17.1 Å². The Labute approximate surface area is 134 Å². The van der Waals surface area contributed by atoms with Gasteiger partial charge in [-0.15, -0.1) is 0 Å². The van der Waals surface area contributed by atoms with Crippen molar-refractivity contribution in [3.05, 3.63) is 17.8 Å². The molecule has 0 aromatic carbocycles. The van der Waals surface area contributed by atoms with Gasteiger partial charge >= 0.3 is 19.4 Å². The number of amides is 1. The van der Waals surface area contributed by atoms with Gasteiger partial charge in [0.05, 0.1) is 13.3 Å². The highest BCUT2D eigenvalue weighted by Crippen LogP contribution is 2.24. The van der Waals surface area contributed by atoms with Crippen molar-refractivity contribution in [2.24, 2.45) is 0 Å². The van der Waals surface area contributed by atoms with Crippen LogP contribution in [0.15, 0.2) is 12.3 Å². The van der Waals surface area contributed by atoms with Gasteiger partial charge in [-0.25, -0.2) is 14.6 Å². The second-order valence-electron chi connectivity index (χ2n) is 5.52. The number of anilines is 1. The number of pyridine rings is 1. The van der Waals surface area contributed by atoms with E-state index in [0.717, 1.165) is 18.2 Å². The fourth-order valence-electron chi connectivity index (χ4n) is 1.57. The van der Waals surface area contributed by atoms with Crippen LogP contribution in [0.5, 0.6) is 5.75 Å². The van der Waals surface area contributed by atoms with Crippen molar-refractivity contribution < 1.29 is 33.8 Å². The number of methoxy groups -OCH3 is 1. The van der Waals surface area contributed by atoms with E-state index in [1.807, 2.05) is 0 Å². The number of nitrogens with zero attached hydrogens (tertiary/aromatic N) is 2. The Morgan fingerprint density at radius 1 is 1.30 bits per heavy atom. The number of ether oxygens (including phenoxy) is 2. The van der Waals surface area contributed by atoms with Gasteiger partial charge in [-0.1, -0.05) is 0 Å². The first kappa shape index (κ1) is 18.7. The van der Waals surface area contributed by atoms with Gasteiger partial charge in [0.1, 0.15) is 16.9 Å². The fourth-order valence-corrected chi connectivity index (χ4v) is 1.57. The molecule has 1 heterocycles. The van der Waals surface area contributed by atoms with Crippen LogP contribution in [-0.2, 0) is 9.47 Å². The van der Waals surface area contributed by atoms with Gasteiger partial charge < -0.3 is 24.2 Å². The van der Waals surface area contributed by atoms with Crippen LogP contribution in [-0.4, -0.2) is 54.2 Å². The molecule has 0 atom stereocenters. The van der Waals surface area contributed by atoms with Crippen LogP contribution >= 0.6 is 0 Å². The molecule has 0 spiro atoms. The molecule has 2 N–H and O–H groups in total. The van der Waals surface area contributed by atoms with E-state index < -0.39 is 25.0 Å². The van der Waals surface area contributed by atoms with Crippen LogP contribution in [0.4, 0.5) is 10.6 Å². The Morgan fingerprint density at radius 3 is 2.39 bits per heavy atom. The zero-order valence-electron chi connectivity index (χ0n) is 13.6. The molecule has 1 aromatic heterocycles. The van der Waals surface area contributed by atoms with E-state index in [0.29, 0.717) is 0 Å². The number of hydrogen-bond donors (Lipinski definition) is 2. The lowest BCUT2D eigenvalue weighted by Crippen LogP contribution is -2.35. The largest absolute Gasteiger partial charge is 0.707 e. The molecule has 0 saturated heterocycles. The molecule has 0 aliphatic rings. The minimum atomic E-state index is -2.07. The maximum absolute atomic E-state index is 12.1. The van der Waals surface area contributed by atoms with Crippen LogP contribution in [0.2, 0.25) is 0 Å². The van der Waals surface area contributed by atoms with Gasteiger partial charge in [0, 0.05) is 7.05 Å². The van der Waals surface area contributed by atoms with Crippen molar-refractivity contribution in [1.29, 1.82) is 0 Å². The summed E-state index contributed by atoms with van der Waals surface area (Å²) in [6, 6.07) is 1.18. The maximum Gasteiger partial charge on any atom is 0.707 e. The fraction of sp³-hybridized carbons (Fsp3) is 0.462. The van der Waals surface area contributed by atoms with Gasteiger partial charge in [0.15, 0.2) is 5.82 Å². The average molecular weight is 326 g/mol. The predicted molar refractivity (Wildman–Crippen MR) is 81.0 cm³/mol. The van der Waals surface area contributed by atoms with Crippen molar-refractivity contribution in [3.63, 3.8) is 0 Å². The van der Waals surface area contributed by atoms with E-state index in [2.05, 4.69) is 14.4 Å².